The van der Waals surface area contributed by atoms with Crippen molar-refractivity contribution < 1.29 is 0 Å². The summed E-state index contributed by atoms with van der Waals surface area (Å²) in [5.41, 5.74) is 2.88. The molecule has 0 N–H and O–H groups in total. The Morgan fingerprint density at radius 3 is 2.76 bits per heavy atom. The normalized spacial score (nSPS) is 22.5. The van der Waals surface area contributed by atoms with Crippen LogP contribution in [0.15, 0.2) is 24.3 Å². The molecule has 1 heteroatoms. The fourth-order valence-electron chi connectivity index (χ4n) is 3.01. The highest BCUT2D eigenvalue weighted by Gasteiger charge is 2.27. The third-order valence-corrected chi connectivity index (χ3v) is 4.27. The molecule has 0 saturated carbocycles. The largest absolute Gasteiger partial charge is 0.368 e. The van der Waals surface area contributed by atoms with Crippen LogP contribution in [0.5, 0.6) is 0 Å². The zero-order valence-electron chi connectivity index (χ0n) is 11.4. The number of rotatable bonds is 3. The highest BCUT2D eigenvalue weighted by molar-refractivity contribution is 5.54. The maximum Gasteiger partial charge on any atom is 0.0398 e. The first-order valence-corrected chi connectivity index (χ1v) is 7.06. The van der Waals surface area contributed by atoms with E-state index in [1.807, 2.05) is 0 Å². The van der Waals surface area contributed by atoms with Crippen molar-refractivity contribution in [1.82, 2.24) is 0 Å². The van der Waals surface area contributed by atoms with Crippen LogP contribution < -0.4 is 4.90 Å². The van der Waals surface area contributed by atoms with E-state index in [4.69, 9.17) is 0 Å². The summed E-state index contributed by atoms with van der Waals surface area (Å²) in [5, 5.41) is 0. The minimum absolute atomic E-state index is 0.745. The van der Waals surface area contributed by atoms with Crippen molar-refractivity contribution in [2.45, 2.75) is 52.5 Å². The number of piperidine rings is 1. The lowest BCUT2D eigenvalue weighted by Gasteiger charge is -2.41. The Kier molecular flexibility index (Phi) is 4.09. The van der Waals surface area contributed by atoms with Crippen LogP contribution in [-0.4, -0.2) is 12.6 Å². The zero-order valence-corrected chi connectivity index (χ0v) is 11.4. The van der Waals surface area contributed by atoms with Gasteiger partial charge in [0, 0.05) is 18.3 Å². The van der Waals surface area contributed by atoms with Gasteiger partial charge in [0.05, 0.1) is 0 Å². The Bertz CT molecular complexity index is 358. The molecule has 1 fully saturated rings. The predicted octanol–water partition coefficient (Wildman–Crippen LogP) is 4.40. The number of hydrogen-bond donors (Lipinski definition) is 0. The van der Waals surface area contributed by atoms with E-state index in [9.17, 15) is 0 Å². The van der Waals surface area contributed by atoms with Crippen molar-refractivity contribution in [3.63, 3.8) is 0 Å². The lowest BCUT2D eigenvalue weighted by molar-refractivity contribution is 0.348. The summed E-state index contributed by atoms with van der Waals surface area (Å²) in [6.07, 6.45) is 5.40. The van der Waals surface area contributed by atoms with Gasteiger partial charge in [-0.15, -0.1) is 0 Å². The van der Waals surface area contributed by atoms with Crippen LogP contribution in [0.2, 0.25) is 0 Å². The summed E-state index contributed by atoms with van der Waals surface area (Å²) < 4.78 is 0. The first-order chi connectivity index (χ1) is 8.24. The van der Waals surface area contributed by atoms with E-state index < -0.39 is 0 Å². The molecule has 0 spiro atoms. The third kappa shape index (κ3) is 2.65. The van der Waals surface area contributed by atoms with Gasteiger partial charge in [-0.1, -0.05) is 38.5 Å². The first-order valence-electron chi connectivity index (χ1n) is 7.06. The van der Waals surface area contributed by atoms with Crippen LogP contribution in [0.4, 0.5) is 5.69 Å². The van der Waals surface area contributed by atoms with Gasteiger partial charge in [-0.3, -0.25) is 0 Å². The molecule has 0 radical (unpaired) electrons. The number of nitrogens with zero attached hydrogens (tertiary/aromatic N) is 1. The SMILES string of the molecule is CC[C@@H](C)C1CCCCN1c1ccccc1C. The van der Waals surface area contributed by atoms with Crippen LogP contribution in [0.1, 0.15) is 45.1 Å². The summed E-state index contributed by atoms with van der Waals surface area (Å²) in [7, 11) is 0. The number of benzene rings is 1. The van der Waals surface area contributed by atoms with Gasteiger partial charge >= 0.3 is 0 Å². The van der Waals surface area contributed by atoms with E-state index in [2.05, 4.69) is 49.9 Å². The first kappa shape index (κ1) is 12.5. The minimum Gasteiger partial charge on any atom is -0.368 e. The van der Waals surface area contributed by atoms with E-state index in [0.717, 1.165) is 12.0 Å². The fourth-order valence-corrected chi connectivity index (χ4v) is 3.01. The molecule has 1 aliphatic heterocycles. The molecule has 94 valence electrons. The predicted molar refractivity (Wildman–Crippen MR) is 75.6 cm³/mol. The molecule has 2 atom stereocenters. The van der Waals surface area contributed by atoms with Crippen molar-refractivity contribution in [3.05, 3.63) is 29.8 Å². The average molecular weight is 231 g/mol. The Morgan fingerprint density at radius 2 is 2.06 bits per heavy atom. The number of para-hydroxylation sites is 1. The molecule has 1 aromatic carbocycles. The second-order valence-corrected chi connectivity index (χ2v) is 5.43. The number of anilines is 1. The molecular weight excluding hydrogens is 206 g/mol. The van der Waals surface area contributed by atoms with Gasteiger partial charge < -0.3 is 4.90 Å². The van der Waals surface area contributed by atoms with E-state index in [1.54, 1.807) is 0 Å². The molecule has 0 bridgehead atoms. The molecule has 1 nitrogen and oxygen atoms in total. The van der Waals surface area contributed by atoms with Crippen LogP contribution in [-0.2, 0) is 0 Å². The van der Waals surface area contributed by atoms with Crippen LogP contribution in [0, 0.1) is 12.8 Å². The highest BCUT2D eigenvalue weighted by atomic mass is 15.2. The summed E-state index contributed by atoms with van der Waals surface area (Å²) >= 11 is 0. The Balaban J connectivity index is 2.25. The van der Waals surface area contributed by atoms with Crippen molar-refractivity contribution in [1.29, 1.82) is 0 Å². The van der Waals surface area contributed by atoms with Gasteiger partial charge in [-0.25, -0.2) is 0 Å². The lowest BCUT2D eigenvalue weighted by Crippen LogP contribution is -2.43. The van der Waals surface area contributed by atoms with Gasteiger partial charge in [0.1, 0.15) is 0 Å². The number of hydrogen-bond acceptors (Lipinski definition) is 1. The molecule has 1 heterocycles. The monoisotopic (exact) mass is 231 g/mol. The van der Waals surface area contributed by atoms with E-state index in [0.29, 0.717) is 0 Å². The molecule has 1 aromatic rings. The van der Waals surface area contributed by atoms with E-state index >= 15 is 0 Å². The van der Waals surface area contributed by atoms with Crippen molar-refractivity contribution in [3.8, 4) is 0 Å². The Labute approximate surface area is 106 Å². The average Bonchev–Trinajstić information content (AvgIpc) is 2.38. The van der Waals surface area contributed by atoms with Crippen LogP contribution in [0.25, 0.3) is 0 Å². The molecular formula is C16H25N. The molecule has 17 heavy (non-hydrogen) atoms. The Hall–Kier alpha value is -0.980. The molecule has 1 aliphatic rings. The molecule has 1 saturated heterocycles. The van der Waals surface area contributed by atoms with E-state index in [-0.39, 0.29) is 0 Å². The smallest absolute Gasteiger partial charge is 0.0398 e. The topological polar surface area (TPSA) is 3.24 Å². The zero-order chi connectivity index (χ0) is 12.3. The minimum atomic E-state index is 0.745. The third-order valence-electron chi connectivity index (χ3n) is 4.27. The Morgan fingerprint density at radius 1 is 1.29 bits per heavy atom. The van der Waals surface area contributed by atoms with Crippen molar-refractivity contribution >= 4 is 5.69 Å². The lowest BCUT2D eigenvalue weighted by atomic mass is 9.89. The maximum atomic E-state index is 2.66. The summed E-state index contributed by atoms with van der Waals surface area (Å²) in [6, 6.07) is 9.58. The van der Waals surface area contributed by atoms with Crippen molar-refractivity contribution in [2.24, 2.45) is 5.92 Å². The van der Waals surface area contributed by atoms with Gasteiger partial charge in [0.25, 0.3) is 0 Å². The standard InChI is InChI=1S/C16H25N/c1-4-13(2)15-11-7-8-12-17(15)16-10-6-5-9-14(16)3/h5-6,9-10,13,15H,4,7-8,11-12H2,1-3H3/t13-,15?/m1/s1. The second-order valence-electron chi connectivity index (χ2n) is 5.43. The van der Waals surface area contributed by atoms with Gasteiger partial charge in [-0.05, 0) is 43.7 Å². The summed E-state index contributed by atoms with van der Waals surface area (Å²) in [4.78, 5) is 2.66. The van der Waals surface area contributed by atoms with Gasteiger partial charge in [-0.2, -0.15) is 0 Å². The van der Waals surface area contributed by atoms with Crippen molar-refractivity contribution in [2.75, 3.05) is 11.4 Å². The maximum absolute atomic E-state index is 2.66. The molecule has 2 rings (SSSR count). The molecule has 0 aromatic heterocycles. The van der Waals surface area contributed by atoms with Gasteiger partial charge in [0.2, 0.25) is 0 Å². The number of aryl methyl sites for hydroxylation is 1. The summed E-state index contributed by atoms with van der Waals surface area (Å²) in [5.74, 6) is 0.801. The molecule has 1 unspecified atom stereocenters. The molecule has 0 amide bonds. The van der Waals surface area contributed by atoms with Gasteiger partial charge in [0.15, 0.2) is 0 Å². The highest BCUT2D eigenvalue weighted by Crippen LogP contribution is 2.31. The van der Waals surface area contributed by atoms with E-state index in [1.165, 1.54) is 43.5 Å². The quantitative estimate of drug-likeness (QED) is 0.745. The van der Waals surface area contributed by atoms with Crippen LogP contribution in [0.3, 0.4) is 0 Å². The molecule has 0 aliphatic carbocycles. The van der Waals surface area contributed by atoms with Crippen LogP contribution >= 0.6 is 0 Å². The second kappa shape index (κ2) is 5.57. The fraction of sp³-hybridized carbons (Fsp3) is 0.625. The summed E-state index contributed by atoms with van der Waals surface area (Å²) in [6.45, 7) is 8.19.